The molecule has 2 atom stereocenters. The summed E-state index contributed by atoms with van der Waals surface area (Å²) in [5.41, 5.74) is 0.909. The second kappa shape index (κ2) is 6.79. The van der Waals surface area contributed by atoms with E-state index < -0.39 is 12.2 Å². The number of nitrogens with one attached hydrogen (secondary N) is 1. The van der Waals surface area contributed by atoms with Gasteiger partial charge in [0.2, 0.25) is 0 Å². The molecule has 2 aromatic rings. The zero-order chi connectivity index (χ0) is 19.0. The summed E-state index contributed by atoms with van der Waals surface area (Å²) in [6.07, 6.45) is 1.15. The molecule has 2 aliphatic rings. The molecule has 1 aromatic heterocycles. The van der Waals surface area contributed by atoms with Crippen LogP contribution in [0.15, 0.2) is 58.1 Å². The SMILES string of the molecule is CN1C(=O)N(Cc2ccccc2)C(=O)C2C1NC(=NCc1ccco1)N2C. The predicted molar refractivity (Wildman–Crippen MR) is 98.5 cm³/mol. The Bertz CT molecular complexity index is 865. The van der Waals surface area contributed by atoms with Gasteiger partial charge in [-0.05, 0) is 17.7 Å². The van der Waals surface area contributed by atoms with Gasteiger partial charge < -0.3 is 19.5 Å². The van der Waals surface area contributed by atoms with Crippen molar-refractivity contribution in [1.29, 1.82) is 0 Å². The summed E-state index contributed by atoms with van der Waals surface area (Å²) in [6.45, 7) is 0.609. The van der Waals surface area contributed by atoms with Crippen LogP contribution in [-0.4, -0.2) is 58.9 Å². The van der Waals surface area contributed by atoms with Gasteiger partial charge in [-0.3, -0.25) is 9.69 Å². The number of guanidine groups is 1. The Kier molecular flexibility index (Phi) is 4.31. The van der Waals surface area contributed by atoms with Crippen LogP contribution in [0.5, 0.6) is 0 Å². The molecule has 3 amide bonds. The first-order valence-corrected chi connectivity index (χ1v) is 8.74. The molecule has 1 aromatic carbocycles. The van der Waals surface area contributed by atoms with E-state index in [0.717, 1.165) is 11.3 Å². The maximum atomic E-state index is 13.1. The van der Waals surface area contributed by atoms with Crippen LogP contribution in [0.4, 0.5) is 4.79 Å². The highest BCUT2D eigenvalue weighted by Gasteiger charge is 2.51. The summed E-state index contributed by atoms with van der Waals surface area (Å²) in [5, 5.41) is 3.19. The normalized spacial score (nSPS) is 23.8. The van der Waals surface area contributed by atoms with Crippen molar-refractivity contribution in [2.24, 2.45) is 4.99 Å². The Labute approximate surface area is 157 Å². The quantitative estimate of drug-likeness (QED) is 0.885. The number of carbonyl (C=O) groups is 2. The van der Waals surface area contributed by atoms with Gasteiger partial charge in [-0.1, -0.05) is 30.3 Å². The Morgan fingerprint density at radius 2 is 1.85 bits per heavy atom. The van der Waals surface area contributed by atoms with Crippen molar-refractivity contribution in [2.75, 3.05) is 14.1 Å². The lowest BCUT2D eigenvalue weighted by Crippen LogP contribution is -2.65. The van der Waals surface area contributed by atoms with E-state index in [-0.39, 0.29) is 18.5 Å². The molecule has 140 valence electrons. The van der Waals surface area contributed by atoms with Crippen molar-refractivity contribution in [3.63, 3.8) is 0 Å². The van der Waals surface area contributed by atoms with Gasteiger partial charge in [0.15, 0.2) is 12.0 Å². The number of fused-ring (bicyclic) bond motifs is 1. The molecule has 2 fully saturated rings. The number of nitrogens with zero attached hydrogens (tertiary/aromatic N) is 4. The molecule has 2 saturated heterocycles. The highest BCUT2D eigenvalue weighted by molar-refractivity contribution is 6.04. The van der Waals surface area contributed by atoms with Gasteiger partial charge in [0.05, 0.1) is 12.8 Å². The van der Waals surface area contributed by atoms with Crippen LogP contribution in [0.3, 0.4) is 0 Å². The molecule has 0 bridgehead atoms. The number of hydrogen-bond acceptors (Lipinski definition) is 4. The fourth-order valence-corrected chi connectivity index (χ4v) is 3.45. The number of aliphatic imine (C=N–C) groups is 1. The molecule has 0 aliphatic carbocycles. The summed E-state index contributed by atoms with van der Waals surface area (Å²) in [6, 6.07) is 12.3. The Morgan fingerprint density at radius 3 is 2.56 bits per heavy atom. The van der Waals surface area contributed by atoms with E-state index in [0.29, 0.717) is 12.5 Å². The molecule has 0 saturated carbocycles. The molecule has 3 heterocycles. The maximum Gasteiger partial charge on any atom is 0.328 e. The number of carbonyl (C=O) groups excluding carboxylic acids is 2. The molecular formula is C19H21N5O3. The van der Waals surface area contributed by atoms with Crippen molar-refractivity contribution in [3.05, 3.63) is 60.1 Å². The highest BCUT2D eigenvalue weighted by atomic mass is 16.3. The molecule has 0 spiro atoms. The van der Waals surface area contributed by atoms with Crippen LogP contribution in [0, 0.1) is 0 Å². The van der Waals surface area contributed by atoms with Crippen molar-refractivity contribution in [3.8, 4) is 0 Å². The average Bonchev–Trinajstić information content (AvgIpc) is 3.31. The van der Waals surface area contributed by atoms with Crippen LogP contribution in [0.1, 0.15) is 11.3 Å². The number of rotatable bonds is 4. The highest BCUT2D eigenvalue weighted by Crippen LogP contribution is 2.25. The molecule has 2 unspecified atom stereocenters. The lowest BCUT2D eigenvalue weighted by Gasteiger charge is -2.40. The summed E-state index contributed by atoms with van der Waals surface area (Å²) >= 11 is 0. The summed E-state index contributed by atoms with van der Waals surface area (Å²) in [7, 11) is 3.50. The fourth-order valence-electron chi connectivity index (χ4n) is 3.45. The van der Waals surface area contributed by atoms with E-state index in [1.54, 1.807) is 36.2 Å². The first-order valence-electron chi connectivity index (χ1n) is 8.74. The van der Waals surface area contributed by atoms with Gasteiger partial charge in [-0.15, -0.1) is 0 Å². The molecule has 8 nitrogen and oxygen atoms in total. The number of likely N-dealkylation sites (N-methyl/N-ethyl adjacent to an activating group) is 2. The molecule has 4 rings (SSSR count). The minimum Gasteiger partial charge on any atom is -0.467 e. The van der Waals surface area contributed by atoms with Gasteiger partial charge in [0.25, 0.3) is 5.91 Å². The topological polar surface area (TPSA) is 81.4 Å². The third kappa shape index (κ3) is 3.03. The van der Waals surface area contributed by atoms with E-state index in [1.807, 2.05) is 36.4 Å². The second-order valence-electron chi connectivity index (χ2n) is 6.67. The first-order chi connectivity index (χ1) is 13.1. The first kappa shape index (κ1) is 17.1. The zero-order valence-electron chi connectivity index (χ0n) is 15.2. The van der Waals surface area contributed by atoms with E-state index in [9.17, 15) is 9.59 Å². The lowest BCUT2D eigenvalue weighted by atomic mass is 10.1. The predicted octanol–water partition coefficient (Wildman–Crippen LogP) is 1.46. The van der Waals surface area contributed by atoms with Crippen LogP contribution in [0.25, 0.3) is 0 Å². The Balaban J connectivity index is 1.56. The number of benzene rings is 1. The van der Waals surface area contributed by atoms with Crippen LogP contribution < -0.4 is 5.32 Å². The van der Waals surface area contributed by atoms with Gasteiger partial charge in [0, 0.05) is 14.1 Å². The molecule has 27 heavy (non-hydrogen) atoms. The van der Waals surface area contributed by atoms with Crippen LogP contribution >= 0.6 is 0 Å². The summed E-state index contributed by atoms with van der Waals surface area (Å²) in [4.78, 5) is 35.0. The van der Waals surface area contributed by atoms with Gasteiger partial charge in [0.1, 0.15) is 18.5 Å². The molecule has 8 heteroatoms. The number of urea groups is 1. The molecule has 2 aliphatic heterocycles. The number of furan rings is 1. The summed E-state index contributed by atoms with van der Waals surface area (Å²) < 4.78 is 5.30. The molecule has 0 radical (unpaired) electrons. The van der Waals surface area contributed by atoms with Gasteiger partial charge in [-0.25, -0.2) is 9.79 Å². The fraction of sp³-hybridized carbons (Fsp3) is 0.316. The van der Waals surface area contributed by atoms with Crippen LogP contribution in [-0.2, 0) is 17.9 Å². The van der Waals surface area contributed by atoms with E-state index in [2.05, 4.69) is 10.3 Å². The number of amides is 3. The Morgan fingerprint density at radius 1 is 1.07 bits per heavy atom. The van der Waals surface area contributed by atoms with E-state index in [1.165, 1.54) is 4.90 Å². The second-order valence-corrected chi connectivity index (χ2v) is 6.67. The minimum atomic E-state index is -0.522. The minimum absolute atomic E-state index is 0.231. The molecule has 1 N–H and O–H groups in total. The van der Waals surface area contributed by atoms with Gasteiger partial charge in [-0.2, -0.15) is 0 Å². The maximum absolute atomic E-state index is 13.1. The number of imide groups is 1. The van der Waals surface area contributed by atoms with Crippen molar-refractivity contribution < 1.29 is 14.0 Å². The smallest absolute Gasteiger partial charge is 0.328 e. The largest absolute Gasteiger partial charge is 0.467 e. The van der Waals surface area contributed by atoms with Crippen LogP contribution in [0.2, 0.25) is 0 Å². The average molecular weight is 367 g/mol. The van der Waals surface area contributed by atoms with Crippen molar-refractivity contribution in [1.82, 2.24) is 20.0 Å². The number of hydrogen-bond donors (Lipinski definition) is 1. The van der Waals surface area contributed by atoms with Gasteiger partial charge >= 0.3 is 6.03 Å². The summed E-state index contributed by atoms with van der Waals surface area (Å²) in [5.74, 6) is 1.06. The molecular weight excluding hydrogens is 346 g/mol. The van der Waals surface area contributed by atoms with E-state index in [4.69, 9.17) is 4.42 Å². The lowest BCUT2D eigenvalue weighted by molar-refractivity contribution is -0.137. The van der Waals surface area contributed by atoms with Crippen molar-refractivity contribution in [2.45, 2.75) is 25.3 Å². The van der Waals surface area contributed by atoms with Crippen molar-refractivity contribution >= 4 is 17.9 Å². The zero-order valence-corrected chi connectivity index (χ0v) is 15.2. The Hall–Kier alpha value is -3.29. The van der Waals surface area contributed by atoms with E-state index >= 15 is 0 Å². The standard InChI is InChI=1S/C19H21N5O3/c1-22-15-16(21-18(22)20-11-14-9-6-10-27-14)23(2)19(26)24(17(15)25)12-13-7-4-3-5-8-13/h3-10,15-16H,11-12H2,1-2H3,(H,20,21). The monoisotopic (exact) mass is 367 g/mol. The third-order valence-corrected chi connectivity index (χ3v) is 4.94. The third-order valence-electron chi connectivity index (χ3n) is 4.94.